The zero-order valence-corrected chi connectivity index (χ0v) is 12.5. The van der Waals surface area contributed by atoms with E-state index in [1.807, 2.05) is 13.8 Å². The number of benzene rings is 1. The highest BCUT2D eigenvalue weighted by atomic mass is 35.5. The van der Waals surface area contributed by atoms with E-state index in [1.54, 1.807) is 0 Å². The Labute approximate surface area is 122 Å². The first-order valence-corrected chi connectivity index (χ1v) is 6.67. The van der Waals surface area contributed by atoms with Crippen LogP contribution in [0.1, 0.15) is 37.0 Å². The summed E-state index contributed by atoms with van der Waals surface area (Å²) in [5.41, 5.74) is 0.305. The fourth-order valence-corrected chi connectivity index (χ4v) is 1.86. The number of carbonyl (C=O) groups is 2. The standard InChI is InChI=1S/C14H18ClNO4/c1-4-8(2)5-13(17)16-11-7-12(20-3)9(14(18)19)6-10(11)15/h6-8H,4-5H2,1-3H3,(H,16,17)(H,18,19). The number of anilines is 1. The highest BCUT2D eigenvalue weighted by Crippen LogP contribution is 2.31. The summed E-state index contributed by atoms with van der Waals surface area (Å²) in [6.45, 7) is 3.99. The maximum Gasteiger partial charge on any atom is 0.339 e. The Morgan fingerprint density at radius 3 is 2.60 bits per heavy atom. The summed E-state index contributed by atoms with van der Waals surface area (Å²) in [5, 5.41) is 11.9. The van der Waals surface area contributed by atoms with E-state index >= 15 is 0 Å². The number of aromatic carboxylic acids is 1. The van der Waals surface area contributed by atoms with E-state index in [0.717, 1.165) is 6.42 Å². The molecule has 6 heteroatoms. The van der Waals surface area contributed by atoms with Crippen molar-refractivity contribution in [2.24, 2.45) is 5.92 Å². The molecule has 0 aliphatic heterocycles. The lowest BCUT2D eigenvalue weighted by molar-refractivity contribution is -0.117. The number of nitrogens with one attached hydrogen (secondary N) is 1. The van der Waals surface area contributed by atoms with Crippen molar-refractivity contribution >= 4 is 29.2 Å². The van der Waals surface area contributed by atoms with Crippen molar-refractivity contribution in [3.05, 3.63) is 22.7 Å². The van der Waals surface area contributed by atoms with Gasteiger partial charge in [-0.3, -0.25) is 4.79 Å². The van der Waals surface area contributed by atoms with Gasteiger partial charge < -0.3 is 15.2 Å². The van der Waals surface area contributed by atoms with Crippen molar-refractivity contribution < 1.29 is 19.4 Å². The predicted octanol–water partition coefficient (Wildman–Crippen LogP) is 3.42. The van der Waals surface area contributed by atoms with E-state index in [9.17, 15) is 9.59 Å². The maximum absolute atomic E-state index is 11.8. The van der Waals surface area contributed by atoms with Crippen molar-refractivity contribution in [1.82, 2.24) is 0 Å². The number of halogens is 1. The molecule has 0 fully saturated rings. The third kappa shape index (κ3) is 4.13. The number of hydrogen-bond acceptors (Lipinski definition) is 3. The molecule has 1 unspecified atom stereocenters. The van der Waals surface area contributed by atoms with Crippen molar-refractivity contribution in [2.75, 3.05) is 12.4 Å². The largest absolute Gasteiger partial charge is 0.496 e. The van der Waals surface area contributed by atoms with Gasteiger partial charge >= 0.3 is 5.97 Å². The lowest BCUT2D eigenvalue weighted by Crippen LogP contribution is -2.15. The lowest BCUT2D eigenvalue weighted by atomic mass is 10.0. The number of methoxy groups -OCH3 is 1. The Hall–Kier alpha value is -1.75. The molecule has 0 radical (unpaired) electrons. The molecule has 5 nitrogen and oxygen atoms in total. The SMILES string of the molecule is CCC(C)CC(=O)Nc1cc(OC)c(C(=O)O)cc1Cl. The fourth-order valence-electron chi connectivity index (χ4n) is 1.65. The molecule has 0 bridgehead atoms. The first-order valence-electron chi connectivity index (χ1n) is 6.29. The number of carboxylic acid groups (broad SMARTS) is 1. The van der Waals surface area contributed by atoms with Gasteiger partial charge in [0.15, 0.2) is 0 Å². The van der Waals surface area contributed by atoms with Crippen LogP contribution in [0.25, 0.3) is 0 Å². The Bertz CT molecular complexity index is 516. The Morgan fingerprint density at radius 2 is 2.10 bits per heavy atom. The molecular formula is C14H18ClNO4. The van der Waals surface area contributed by atoms with E-state index in [4.69, 9.17) is 21.4 Å². The molecule has 0 aromatic heterocycles. The molecule has 1 aromatic rings. The monoisotopic (exact) mass is 299 g/mol. The minimum Gasteiger partial charge on any atom is -0.496 e. The first-order chi connectivity index (χ1) is 9.38. The molecule has 20 heavy (non-hydrogen) atoms. The maximum atomic E-state index is 11.8. The van der Waals surface area contributed by atoms with Crippen molar-refractivity contribution in [2.45, 2.75) is 26.7 Å². The van der Waals surface area contributed by atoms with Crippen LogP contribution in [0.15, 0.2) is 12.1 Å². The van der Waals surface area contributed by atoms with Crippen molar-refractivity contribution in [1.29, 1.82) is 0 Å². The van der Waals surface area contributed by atoms with Gasteiger partial charge in [-0.05, 0) is 12.0 Å². The second kappa shape index (κ2) is 7.14. The van der Waals surface area contributed by atoms with E-state index in [-0.39, 0.29) is 28.2 Å². The van der Waals surface area contributed by atoms with Gasteiger partial charge in [0, 0.05) is 12.5 Å². The summed E-state index contributed by atoms with van der Waals surface area (Å²) >= 11 is 5.98. The average Bonchev–Trinajstić information content (AvgIpc) is 2.40. The van der Waals surface area contributed by atoms with Gasteiger partial charge in [0.2, 0.25) is 5.91 Å². The number of hydrogen-bond donors (Lipinski definition) is 2. The third-order valence-corrected chi connectivity index (χ3v) is 3.34. The minimum atomic E-state index is -1.14. The van der Waals surface area contributed by atoms with Crippen LogP contribution in [0, 0.1) is 5.92 Å². The molecule has 1 aromatic carbocycles. The summed E-state index contributed by atoms with van der Waals surface area (Å²) in [7, 11) is 1.36. The number of ether oxygens (including phenoxy) is 1. The highest BCUT2D eigenvalue weighted by Gasteiger charge is 2.16. The van der Waals surface area contributed by atoms with E-state index in [0.29, 0.717) is 12.1 Å². The molecule has 1 rings (SSSR count). The molecule has 0 saturated heterocycles. The molecule has 0 saturated carbocycles. The summed E-state index contributed by atoms with van der Waals surface area (Å²) in [6.07, 6.45) is 1.29. The molecular weight excluding hydrogens is 282 g/mol. The minimum absolute atomic E-state index is 0.0441. The Kier molecular flexibility index (Phi) is 5.82. The van der Waals surface area contributed by atoms with Gasteiger partial charge in [-0.15, -0.1) is 0 Å². The smallest absolute Gasteiger partial charge is 0.339 e. The number of carboxylic acids is 1. The quantitative estimate of drug-likeness (QED) is 0.844. The number of carbonyl (C=O) groups excluding carboxylic acids is 1. The Balaban J connectivity index is 2.96. The van der Waals surface area contributed by atoms with E-state index in [2.05, 4.69) is 5.32 Å². The summed E-state index contributed by atoms with van der Waals surface area (Å²) in [5.74, 6) is -0.873. The molecule has 0 aliphatic rings. The molecule has 2 N–H and O–H groups in total. The van der Waals surface area contributed by atoms with Crippen LogP contribution in [-0.2, 0) is 4.79 Å². The van der Waals surface area contributed by atoms with Crippen LogP contribution < -0.4 is 10.1 Å². The molecule has 0 aliphatic carbocycles. The normalized spacial score (nSPS) is 11.8. The van der Waals surface area contributed by atoms with Gasteiger partial charge in [0.05, 0.1) is 17.8 Å². The molecule has 0 spiro atoms. The van der Waals surface area contributed by atoms with Crippen molar-refractivity contribution in [3.8, 4) is 5.75 Å². The topological polar surface area (TPSA) is 75.6 Å². The lowest BCUT2D eigenvalue weighted by Gasteiger charge is -2.13. The third-order valence-electron chi connectivity index (χ3n) is 3.02. The first kappa shape index (κ1) is 16.3. The molecule has 110 valence electrons. The van der Waals surface area contributed by atoms with Gasteiger partial charge in [-0.1, -0.05) is 31.9 Å². The van der Waals surface area contributed by atoms with Crippen LogP contribution in [0.4, 0.5) is 5.69 Å². The average molecular weight is 300 g/mol. The fraction of sp³-hybridized carbons (Fsp3) is 0.429. The van der Waals surface area contributed by atoms with Crippen LogP contribution in [0.5, 0.6) is 5.75 Å². The summed E-state index contributed by atoms with van der Waals surface area (Å²) < 4.78 is 5.00. The van der Waals surface area contributed by atoms with Crippen molar-refractivity contribution in [3.63, 3.8) is 0 Å². The zero-order valence-electron chi connectivity index (χ0n) is 11.7. The second-order valence-corrected chi connectivity index (χ2v) is 5.01. The molecule has 1 atom stereocenters. The van der Waals surface area contributed by atoms with E-state index < -0.39 is 5.97 Å². The zero-order chi connectivity index (χ0) is 15.3. The van der Waals surface area contributed by atoms with Crippen LogP contribution in [0.2, 0.25) is 5.02 Å². The predicted molar refractivity (Wildman–Crippen MR) is 77.7 cm³/mol. The summed E-state index contributed by atoms with van der Waals surface area (Å²) in [6, 6.07) is 2.68. The summed E-state index contributed by atoms with van der Waals surface area (Å²) in [4.78, 5) is 22.9. The number of rotatable bonds is 6. The second-order valence-electron chi connectivity index (χ2n) is 4.60. The Morgan fingerprint density at radius 1 is 1.45 bits per heavy atom. The van der Waals surface area contributed by atoms with Gasteiger partial charge in [-0.25, -0.2) is 4.79 Å². The van der Waals surface area contributed by atoms with Gasteiger partial charge in [-0.2, -0.15) is 0 Å². The van der Waals surface area contributed by atoms with Crippen LogP contribution >= 0.6 is 11.6 Å². The molecule has 0 heterocycles. The van der Waals surface area contributed by atoms with Crippen LogP contribution in [0.3, 0.4) is 0 Å². The van der Waals surface area contributed by atoms with Gasteiger partial charge in [0.1, 0.15) is 11.3 Å². The van der Waals surface area contributed by atoms with Crippen LogP contribution in [-0.4, -0.2) is 24.1 Å². The van der Waals surface area contributed by atoms with Gasteiger partial charge in [0.25, 0.3) is 0 Å². The van der Waals surface area contributed by atoms with E-state index in [1.165, 1.54) is 19.2 Å². The molecule has 1 amide bonds. The highest BCUT2D eigenvalue weighted by molar-refractivity contribution is 6.34. The number of amides is 1.